The molecule has 0 unspecified atom stereocenters. The van der Waals surface area contributed by atoms with E-state index in [2.05, 4.69) is 220 Å². The lowest BCUT2D eigenvalue weighted by Crippen LogP contribution is -2.02. The molecule has 0 saturated carbocycles. The van der Waals surface area contributed by atoms with E-state index in [9.17, 15) is 6.57 Å². The van der Waals surface area contributed by atoms with Crippen LogP contribution in [0.3, 0.4) is 0 Å². The van der Waals surface area contributed by atoms with E-state index in [0.29, 0.717) is 17.1 Å². The second-order valence-electron chi connectivity index (χ2n) is 22.7. The Balaban J connectivity index is 0.941. The Bertz CT molecular complexity index is 5340. The summed E-state index contributed by atoms with van der Waals surface area (Å²) in [6.45, 7) is 20.0. The van der Waals surface area contributed by atoms with Crippen molar-refractivity contribution in [3.05, 3.63) is 326 Å². The molecule has 0 radical (unpaired) electrons. The number of hydrogen-bond acceptors (Lipinski definition) is 4. The van der Waals surface area contributed by atoms with Crippen molar-refractivity contribution in [3.8, 4) is 113 Å². The Morgan fingerprint density at radius 2 is 0.560 bits per heavy atom. The molecule has 0 saturated heterocycles. The zero-order chi connectivity index (χ0) is 60.9. The molecule has 0 spiro atoms. The van der Waals surface area contributed by atoms with Crippen LogP contribution in [0, 0.1) is 20.1 Å². The zero-order valence-corrected chi connectivity index (χ0v) is 49.4. The van der Waals surface area contributed by atoms with Crippen LogP contribution in [-0.4, -0.2) is 29.1 Å². The fourth-order valence-electron chi connectivity index (χ4n) is 13.0. The lowest BCUT2D eigenvalue weighted by Gasteiger charge is -2.21. The molecule has 6 heterocycles. The molecule has 0 fully saturated rings. The first-order chi connectivity index (χ1) is 44.9. The van der Waals surface area contributed by atoms with Gasteiger partial charge in [0.15, 0.2) is 5.69 Å². The first kappa shape index (κ1) is 53.8. The third-order valence-corrected chi connectivity index (χ3v) is 17.3. The number of fused-ring (bicyclic) bond motifs is 6. The van der Waals surface area contributed by atoms with Crippen LogP contribution >= 0.6 is 0 Å². The molecule has 0 aliphatic heterocycles. The molecule has 6 aromatic heterocycles. The van der Waals surface area contributed by atoms with Gasteiger partial charge >= 0.3 is 0 Å². The summed E-state index contributed by atoms with van der Waals surface area (Å²) >= 11 is 0. The minimum Gasteiger partial charge on any atom is -0.319 e. The third-order valence-electron chi connectivity index (χ3n) is 17.3. The van der Waals surface area contributed by atoms with E-state index < -0.39 is 0 Å². The predicted octanol–water partition coefficient (Wildman–Crippen LogP) is 21.9. The Morgan fingerprint density at radius 1 is 0.264 bits per heavy atom. The normalized spacial score (nSPS) is 11.3. The highest BCUT2D eigenvalue weighted by atomic mass is 15.0. The first-order valence-electron chi connectivity index (χ1n) is 30.2. The highest BCUT2D eigenvalue weighted by Gasteiger charge is 2.25. The van der Waals surface area contributed by atoms with E-state index in [1.807, 2.05) is 103 Å². The maximum absolute atomic E-state index is 9.25. The summed E-state index contributed by atoms with van der Waals surface area (Å²) in [4.78, 5) is 29.6. The maximum atomic E-state index is 9.25. The Kier molecular flexibility index (Phi) is 13.4. The standard InChI is InChI=1S/C83H52N8/c1-53-21-16-38-75(84-2)83(53)66-51-82(91-79-45-41-60(73-36-19-32-69(88-73)56-26-12-6-13-27-56)49-64(79)65-50-61(42-46-80(65)91)74-37-20-33-70(89-74)57-28-14-7-15-29-57)76(85-3)52-81(66)90-77-43-39-58(71-34-17-30-67(86-71)54-22-8-4-9-23-54)47-62(77)63-48-59(40-44-78(63)90)72-35-18-31-68(87-72)55-24-10-5-11-25-55/h4-52H,1H3. The summed E-state index contributed by atoms with van der Waals surface area (Å²) in [5.74, 6) is 0. The van der Waals surface area contributed by atoms with Gasteiger partial charge in [0.1, 0.15) is 0 Å². The molecular formula is C83H52N8. The van der Waals surface area contributed by atoms with Gasteiger partial charge in [0.2, 0.25) is 5.69 Å². The van der Waals surface area contributed by atoms with Crippen LogP contribution < -0.4 is 0 Å². The molecule has 0 aliphatic rings. The number of aromatic nitrogens is 6. The molecule has 424 valence electrons. The lowest BCUT2D eigenvalue weighted by atomic mass is 9.95. The van der Waals surface area contributed by atoms with E-state index >= 15 is 0 Å². The minimum atomic E-state index is 0.435. The quantitative estimate of drug-likeness (QED) is 0.121. The third kappa shape index (κ3) is 9.66. The van der Waals surface area contributed by atoms with E-state index in [-0.39, 0.29) is 0 Å². The van der Waals surface area contributed by atoms with E-state index in [1.165, 1.54) is 0 Å². The largest absolute Gasteiger partial charge is 0.319 e. The average Bonchev–Trinajstić information content (AvgIpc) is 1.62. The molecule has 16 rings (SSSR count). The topological polar surface area (TPSA) is 70.1 Å². The average molecular weight is 1160 g/mol. The fourth-order valence-corrected chi connectivity index (χ4v) is 13.0. The second-order valence-corrected chi connectivity index (χ2v) is 22.7. The van der Waals surface area contributed by atoms with Crippen molar-refractivity contribution in [1.82, 2.24) is 29.1 Å². The van der Waals surface area contributed by atoms with E-state index in [1.54, 1.807) is 0 Å². The van der Waals surface area contributed by atoms with Crippen LogP contribution in [-0.2, 0) is 0 Å². The molecule has 0 aliphatic carbocycles. The Labute approximate surface area is 526 Å². The molecular weight excluding hydrogens is 1110 g/mol. The van der Waals surface area contributed by atoms with Gasteiger partial charge in [-0.05, 0) is 127 Å². The minimum absolute atomic E-state index is 0.435. The maximum Gasteiger partial charge on any atom is 0.212 e. The highest BCUT2D eigenvalue weighted by Crippen LogP contribution is 2.48. The van der Waals surface area contributed by atoms with Gasteiger partial charge in [0, 0.05) is 71.7 Å². The van der Waals surface area contributed by atoms with Crippen LogP contribution in [0.4, 0.5) is 11.4 Å². The predicted molar refractivity (Wildman–Crippen MR) is 372 cm³/mol. The Hall–Kier alpha value is -12.6. The van der Waals surface area contributed by atoms with Crippen molar-refractivity contribution in [3.63, 3.8) is 0 Å². The Morgan fingerprint density at radius 3 is 0.879 bits per heavy atom. The van der Waals surface area contributed by atoms with Gasteiger partial charge in [0.05, 0.1) is 86.4 Å². The van der Waals surface area contributed by atoms with Crippen LogP contribution in [0.15, 0.2) is 297 Å². The smallest absolute Gasteiger partial charge is 0.212 e. The molecule has 0 amide bonds. The van der Waals surface area contributed by atoms with Crippen molar-refractivity contribution in [2.75, 3.05) is 0 Å². The fraction of sp³-hybridized carbons (Fsp3) is 0.0120. The summed E-state index contributed by atoms with van der Waals surface area (Å²) in [5, 5.41) is 3.97. The van der Waals surface area contributed by atoms with Crippen LogP contribution in [0.5, 0.6) is 0 Å². The summed E-state index contributed by atoms with van der Waals surface area (Å²) in [6.07, 6.45) is 0. The summed E-state index contributed by atoms with van der Waals surface area (Å²) in [6, 6.07) is 102. The number of aryl methyl sites for hydroxylation is 1. The highest BCUT2D eigenvalue weighted by molar-refractivity contribution is 6.14. The van der Waals surface area contributed by atoms with Crippen molar-refractivity contribution in [1.29, 1.82) is 0 Å². The SMILES string of the molecule is [C-]#[N+]c1cc(-n2c3ccc(-c4cccc(-c5ccccc5)n4)cc3c3cc(-c4cccc(-c5ccccc5)n4)ccc32)c(-c2c(C)cccc2[N+]#[C-])cc1-n1c2ccc(-c3cccc(-c4ccccc4)n3)cc2c2cc(-c3cccc(-c4ccccc4)n3)ccc21. The molecule has 91 heavy (non-hydrogen) atoms. The molecule has 10 aromatic carbocycles. The molecule has 8 heteroatoms. The van der Waals surface area contributed by atoms with Crippen LogP contribution in [0.25, 0.3) is 166 Å². The van der Waals surface area contributed by atoms with Gasteiger partial charge in [-0.1, -0.05) is 194 Å². The second kappa shape index (κ2) is 22.6. The van der Waals surface area contributed by atoms with Crippen LogP contribution in [0.2, 0.25) is 0 Å². The van der Waals surface area contributed by atoms with E-state index in [0.717, 1.165) is 156 Å². The van der Waals surface area contributed by atoms with Crippen molar-refractivity contribution < 1.29 is 0 Å². The molecule has 0 N–H and O–H groups in total. The van der Waals surface area contributed by atoms with Crippen molar-refractivity contribution in [2.24, 2.45) is 0 Å². The number of benzene rings is 10. The molecule has 0 atom stereocenters. The van der Waals surface area contributed by atoms with Crippen molar-refractivity contribution in [2.45, 2.75) is 6.92 Å². The molecule has 0 bridgehead atoms. The summed E-state index contributed by atoms with van der Waals surface area (Å²) < 4.78 is 4.51. The van der Waals surface area contributed by atoms with Gasteiger partial charge in [-0.3, -0.25) is 0 Å². The molecule has 8 nitrogen and oxygen atoms in total. The first-order valence-corrected chi connectivity index (χ1v) is 30.2. The number of rotatable bonds is 11. The van der Waals surface area contributed by atoms with Crippen LogP contribution in [0.1, 0.15) is 5.56 Å². The lowest BCUT2D eigenvalue weighted by molar-refractivity contribution is 1.15. The summed E-state index contributed by atoms with van der Waals surface area (Å²) in [7, 11) is 0. The number of hydrogen-bond donors (Lipinski definition) is 0. The number of nitrogens with zero attached hydrogens (tertiary/aromatic N) is 8. The monoisotopic (exact) mass is 1160 g/mol. The van der Waals surface area contributed by atoms with Gasteiger partial charge in [-0.2, -0.15) is 0 Å². The van der Waals surface area contributed by atoms with Gasteiger partial charge in [-0.15, -0.1) is 0 Å². The molecule has 16 aromatic rings. The van der Waals surface area contributed by atoms with E-state index in [4.69, 9.17) is 26.5 Å². The van der Waals surface area contributed by atoms with Gasteiger partial charge < -0.3 is 9.13 Å². The number of pyridine rings is 4. The zero-order valence-electron chi connectivity index (χ0n) is 49.4. The summed E-state index contributed by atoms with van der Waals surface area (Å²) in [5.41, 5.74) is 23.5. The van der Waals surface area contributed by atoms with Crippen molar-refractivity contribution >= 4 is 55.0 Å². The van der Waals surface area contributed by atoms with Gasteiger partial charge in [-0.25, -0.2) is 29.6 Å². The van der Waals surface area contributed by atoms with Gasteiger partial charge in [0.25, 0.3) is 0 Å².